The molecule has 164 valence electrons. The van der Waals surface area contributed by atoms with Gasteiger partial charge in [0.25, 0.3) is 5.91 Å². The molecule has 0 aliphatic heterocycles. The summed E-state index contributed by atoms with van der Waals surface area (Å²) in [6.45, 7) is 4.01. The summed E-state index contributed by atoms with van der Waals surface area (Å²) in [4.78, 5) is 22.3. The van der Waals surface area contributed by atoms with Gasteiger partial charge >= 0.3 is 0 Å². The zero-order valence-corrected chi connectivity index (χ0v) is 20.0. The predicted molar refractivity (Wildman–Crippen MR) is 129 cm³/mol. The molecule has 0 aliphatic carbocycles. The van der Waals surface area contributed by atoms with E-state index in [4.69, 9.17) is 21.1 Å². The second-order valence-corrected chi connectivity index (χ2v) is 9.29. The lowest BCUT2D eigenvalue weighted by atomic mass is 10.2. The number of nitrogens with one attached hydrogen (secondary N) is 1. The average Bonchev–Trinajstić information content (AvgIpc) is 3.41. The highest BCUT2D eigenvalue weighted by molar-refractivity contribution is 7.15. The highest BCUT2D eigenvalue weighted by atomic mass is 35.5. The molecule has 2 heterocycles. The maximum atomic E-state index is 12.8. The van der Waals surface area contributed by atoms with Crippen molar-refractivity contribution in [3.63, 3.8) is 0 Å². The molecule has 0 aliphatic rings. The molecular weight excluding hydrogens is 466 g/mol. The molecule has 0 bridgehead atoms. The number of halogens is 1. The Morgan fingerprint density at radius 1 is 1.09 bits per heavy atom. The van der Waals surface area contributed by atoms with E-state index in [0.29, 0.717) is 26.5 Å². The van der Waals surface area contributed by atoms with E-state index in [0.717, 1.165) is 27.6 Å². The van der Waals surface area contributed by atoms with Crippen LogP contribution in [0.1, 0.15) is 25.9 Å². The van der Waals surface area contributed by atoms with Crippen LogP contribution in [0.4, 0.5) is 5.13 Å². The Balaban J connectivity index is 1.41. The number of methoxy groups -OCH3 is 1. The molecule has 1 N–H and O–H groups in total. The number of rotatable bonds is 7. The number of carbonyl (C=O) groups is 1. The third kappa shape index (κ3) is 5.09. The van der Waals surface area contributed by atoms with Gasteiger partial charge in [-0.25, -0.2) is 9.97 Å². The number of benzene rings is 2. The van der Waals surface area contributed by atoms with Crippen molar-refractivity contribution >= 4 is 45.3 Å². The average molecular weight is 486 g/mol. The van der Waals surface area contributed by atoms with Crippen LogP contribution in [-0.4, -0.2) is 23.0 Å². The van der Waals surface area contributed by atoms with Crippen molar-refractivity contribution in [1.29, 1.82) is 0 Å². The van der Waals surface area contributed by atoms with Gasteiger partial charge in [-0.3, -0.25) is 10.1 Å². The largest absolute Gasteiger partial charge is 0.497 e. The normalized spacial score (nSPS) is 10.8. The summed E-state index contributed by atoms with van der Waals surface area (Å²) < 4.78 is 11.0. The molecule has 2 aromatic heterocycles. The van der Waals surface area contributed by atoms with Gasteiger partial charge in [-0.2, -0.15) is 0 Å². The second-order valence-electron chi connectivity index (χ2n) is 6.94. The van der Waals surface area contributed by atoms with Crippen LogP contribution >= 0.6 is 34.3 Å². The molecule has 1 amide bonds. The molecule has 4 aromatic rings. The van der Waals surface area contributed by atoms with Gasteiger partial charge in [0.2, 0.25) is 0 Å². The molecule has 0 spiro atoms. The lowest BCUT2D eigenvalue weighted by molar-refractivity contribution is 0.103. The van der Waals surface area contributed by atoms with Gasteiger partial charge in [0.15, 0.2) is 5.13 Å². The van der Waals surface area contributed by atoms with Gasteiger partial charge in [0.1, 0.15) is 28.0 Å². The maximum absolute atomic E-state index is 12.8. The van der Waals surface area contributed by atoms with E-state index in [9.17, 15) is 4.79 Å². The molecular formula is C23H20ClN3O3S2. The summed E-state index contributed by atoms with van der Waals surface area (Å²) >= 11 is 8.74. The molecule has 2 aromatic carbocycles. The number of anilines is 1. The zero-order chi connectivity index (χ0) is 22.7. The molecule has 32 heavy (non-hydrogen) atoms. The third-order valence-corrected chi connectivity index (χ3v) is 6.96. The van der Waals surface area contributed by atoms with Crippen LogP contribution in [-0.2, 0) is 6.61 Å². The summed E-state index contributed by atoms with van der Waals surface area (Å²) in [6.07, 6.45) is 0. The van der Waals surface area contributed by atoms with E-state index in [-0.39, 0.29) is 12.5 Å². The Bertz CT molecular complexity index is 1250. The van der Waals surface area contributed by atoms with Gasteiger partial charge in [0, 0.05) is 16.0 Å². The molecule has 0 saturated carbocycles. The Labute approximate surface area is 198 Å². The third-order valence-electron chi connectivity index (χ3n) is 4.65. The van der Waals surface area contributed by atoms with Gasteiger partial charge in [0.05, 0.1) is 18.5 Å². The van der Waals surface area contributed by atoms with Crippen LogP contribution in [0.5, 0.6) is 11.5 Å². The van der Waals surface area contributed by atoms with Crippen molar-refractivity contribution in [2.45, 2.75) is 20.5 Å². The Kier molecular flexibility index (Phi) is 6.74. The van der Waals surface area contributed by atoms with Crippen molar-refractivity contribution in [3.8, 4) is 22.8 Å². The minimum Gasteiger partial charge on any atom is -0.497 e. The van der Waals surface area contributed by atoms with Gasteiger partial charge in [-0.1, -0.05) is 11.6 Å². The van der Waals surface area contributed by atoms with Gasteiger partial charge < -0.3 is 9.47 Å². The second kappa shape index (κ2) is 9.68. The fourth-order valence-corrected chi connectivity index (χ4v) is 4.66. The molecule has 9 heteroatoms. The van der Waals surface area contributed by atoms with E-state index in [2.05, 4.69) is 15.3 Å². The van der Waals surface area contributed by atoms with E-state index in [1.165, 1.54) is 22.7 Å². The summed E-state index contributed by atoms with van der Waals surface area (Å²) in [5.41, 5.74) is 3.34. The summed E-state index contributed by atoms with van der Waals surface area (Å²) in [7, 11) is 1.63. The molecule has 0 radical (unpaired) electrons. The van der Waals surface area contributed by atoms with E-state index in [1.54, 1.807) is 13.2 Å². The van der Waals surface area contributed by atoms with Crippen molar-refractivity contribution in [3.05, 3.63) is 74.0 Å². The van der Waals surface area contributed by atoms with E-state index >= 15 is 0 Å². The van der Waals surface area contributed by atoms with Crippen LogP contribution < -0.4 is 14.8 Å². The number of hydrogen-bond donors (Lipinski definition) is 1. The van der Waals surface area contributed by atoms with E-state index < -0.39 is 0 Å². The number of carbonyl (C=O) groups excluding carboxylic acids is 1. The van der Waals surface area contributed by atoms with Crippen LogP contribution in [0.2, 0.25) is 5.02 Å². The number of aryl methyl sites for hydroxylation is 2. The SMILES string of the molecule is COc1ccc(-c2csc(NC(=O)c3sc(COc4ccc(Cl)c(C)c4)nc3C)n2)cc1. The maximum Gasteiger partial charge on any atom is 0.269 e. The van der Waals surface area contributed by atoms with Gasteiger partial charge in [-0.05, 0) is 61.9 Å². The zero-order valence-electron chi connectivity index (χ0n) is 17.6. The fraction of sp³-hybridized carbons (Fsp3) is 0.174. The molecule has 0 unspecified atom stereocenters. The van der Waals surface area contributed by atoms with E-state index in [1.807, 2.05) is 55.6 Å². The van der Waals surface area contributed by atoms with Crippen molar-refractivity contribution in [2.75, 3.05) is 12.4 Å². The highest BCUT2D eigenvalue weighted by Gasteiger charge is 2.17. The predicted octanol–water partition coefficient (Wildman–Crippen LogP) is 6.38. The lowest BCUT2D eigenvalue weighted by Gasteiger charge is -2.05. The molecule has 4 rings (SSSR count). The number of aromatic nitrogens is 2. The number of nitrogens with zero attached hydrogens (tertiary/aromatic N) is 2. The number of thiazole rings is 2. The molecule has 0 saturated heterocycles. The summed E-state index contributed by atoms with van der Waals surface area (Å²) in [5.74, 6) is 1.26. The smallest absolute Gasteiger partial charge is 0.269 e. The van der Waals surface area contributed by atoms with Crippen LogP contribution in [0.3, 0.4) is 0 Å². The highest BCUT2D eigenvalue weighted by Crippen LogP contribution is 2.28. The van der Waals surface area contributed by atoms with Crippen molar-refractivity contribution in [1.82, 2.24) is 9.97 Å². The van der Waals surface area contributed by atoms with Crippen LogP contribution in [0.15, 0.2) is 47.8 Å². The first kappa shape index (κ1) is 22.3. The summed E-state index contributed by atoms with van der Waals surface area (Å²) in [5, 5.41) is 6.72. The molecule has 0 atom stereocenters. The number of ether oxygens (including phenoxy) is 2. The van der Waals surface area contributed by atoms with Gasteiger partial charge in [-0.15, -0.1) is 22.7 Å². The standard InChI is InChI=1S/C23H20ClN3O3S2/c1-13-10-17(8-9-18(13)24)30-11-20-25-14(2)21(32-20)22(28)27-23-26-19(12-31-23)15-4-6-16(29-3)7-5-15/h4-10,12H,11H2,1-3H3,(H,26,27,28). The molecule has 6 nitrogen and oxygen atoms in total. The van der Waals surface area contributed by atoms with Crippen LogP contribution in [0.25, 0.3) is 11.3 Å². The first-order valence-electron chi connectivity index (χ1n) is 9.69. The minimum absolute atomic E-state index is 0.232. The Morgan fingerprint density at radius 3 is 2.56 bits per heavy atom. The first-order valence-corrected chi connectivity index (χ1v) is 11.8. The summed E-state index contributed by atoms with van der Waals surface area (Å²) in [6, 6.07) is 13.1. The Hall–Kier alpha value is -2.94. The lowest BCUT2D eigenvalue weighted by Crippen LogP contribution is -2.11. The number of amides is 1. The first-order chi connectivity index (χ1) is 15.4. The monoisotopic (exact) mass is 485 g/mol. The molecule has 0 fully saturated rings. The topological polar surface area (TPSA) is 73.3 Å². The Morgan fingerprint density at radius 2 is 1.84 bits per heavy atom. The number of hydrogen-bond acceptors (Lipinski definition) is 7. The van der Waals surface area contributed by atoms with Crippen molar-refractivity contribution < 1.29 is 14.3 Å². The van der Waals surface area contributed by atoms with Crippen LogP contribution in [0, 0.1) is 13.8 Å². The fourth-order valence-electron chi connectivity index (χ4n) is 2.96. The minimum atomic E-state index is -0.232. The quantitative estimate of drug-likeness (QED) is 0.329. The van der Waals surface area contributed by atoms with Crippen molar-refractivity contribution in [2.24, 2.45) is 0 Å².